The van der Waals surface area contributed by atoms with Crippen LogP contribution in [0, 0.1) is 76.6 Å². The van der Waals surface area contributed by atoms with Gasteiger partial charge in [0.1, 0.15) is 0 Å². The Labute approximate surface area is 156 Å². The molecule has 0 spiro atoms. The van der Waals surface area contributed by atoms with E-state index < -0.39 is 25.4 Å². The van der Waals surface area contributed by atoms with Gasteiger partial charge in [-0.25, -0.2) is 0 Å². The first kappa shape index (κ1) is 42.7. The molecule has 0 aliphatic carbocycles. The van der Waals surface area contributed by atoms with E-state index in [2.05, 4.69) is 0 Å². The molecule has 22 heavy (non-hydrogen) atoms. The van der Waals surface area contributed by atoms with Gasteiger partial charge >= 0.3 is 55.1 Å². The van der Waals surface area contributed by atoms with Gasteiger partial charge in [0.25, 0.3) is 0 Å². The van der Waals surface area contributed by atoms with Gasteiger partial charge in [-0.2, -0.15) is 0 Å². The van der Waals surface area contributed by atoms with Crippen LogP contribution >= 0.6 is 0 Å². The third-order valence-electron chi connectivity index (χ3n) is 0. The minimum Gasteiger partial charge on any atom is -0.356 e. The quantitative estimate of drug-likeness (QED) is 0.251. The van der Waals surface area contributed by atoms with Crippen molar-refractivity contribution < 1.29 is 25.4 Å². The van der Waals surface area contributed by atoms with Crippen molar-refractivity contribution in [1.29, 1.82) is 0 Å². The van der Waals surface area contributed by atoms with Crippen LogP contribution in [-0.2, 0) is 0 Å². The Morgan fingerprint density at radius 3 is 0.364 bits per heavy atom. The second-order valence-corrected chi connectivity index (χ2v) is 1.12. The largest absolute Gasteiger partial charge is 3.00 e. The van der Waals surface area contributed by atoms with Gasteiger partial charge in [0.05, 0.1) is 25.4 Å². The molecule has 20 nitrogen and oxygen atoms in total. The summed E-state index contributed by atoms with van der Waals surface area (Å²) in [5.41, 5.74) is 0. The zero-order valence-corrected chi connectivity index (χ0v) is 13.0. The minimum absolute atomic E-state index is 0. The Morgan fingerprint density at radius 2 is 0.364 bits per heavy atom. The van der Waals surface area contributed by atoms with Crippen LogP contribution in [0.25, 0.3) is 0 Å². The standard InChI is InChI=1S/Al.Ca.5NO3/c;;5*2-1(3)4/q+3;+2;5*-1. The average Bonchev–Trinajstić information content (AvgIpc) is 1.94. The van der Waals surface area contributed by atoms with Crippen molar-refractivity contribution in [2.24, 2.45) is 0 Å². The minimum atomic E-state index is -1.75. The van der Waals surface area contributed by atoms with Crippen LogP contribution in [0.1, 0.15) is 0 Å². The van der Waals surface area contributed by atoms with E-state index in [9.17, 15) is 0 Å². The fourth-order valence-corrected chi connectivity index (χ4v) is 0. The van der Waals surface area contributed by atoms with E-state index in [0.717, 1.165) is 0 Å². The summed E-state index contributed by atoms with van der Waals surface area (Å²) in [5.74, 6) is 0. The van der Waals surface area contributed by atoms with Gasteiger partial charge < -0.3 is 76.6 Å². The molecule has 0 aromatic heterocycles. The van der Waals surface area contributed by atoms with Crippen molar-refractivity contribution in [3.8, 4) is 0 Å². The van der Waals surface area contributed by atoms with Crippen LogP contribution < -0.4 is 0 Å². The number of hydrogen-bond acceptors (Lipinski definition) is 15. The van der Waals surface area contributed by atoms with E-state index in [0.29, 0.717) is 0 Å². The molecule has 0 radical (unpaired) electrons. The Bertz CT molecular complexity index is 213. The zero-order chi connectivity index (χ0) is 17.9. The number of hydrogen-bond donors (Lipinski definition) is 0. The molecular formula is AlCaN5O15. The fourth-order valence-electron chi connectivity index (χ4n) is 0. The van der Waals surface area contributed by atoms with Crippen LogP contribution in [-0.4, -0.2) is 80.5 Å². The van der Waals surface area contributed by atoms with Gasteiger partial charge in [-0.3, -0.25) is 0 Å². The van der Waals surface area contributed by atoms with Crippen LogP contribution in [0.4, 0.5) is 0 Å². The smallest absolute Gasteiger partial charge is 0.356 e. The van der Waals surface area contributed by atoms with Gasteiger partial charge in [-0.05, 0) is 0 Å². The maximum Gasteiger partial charge on any atom is 3.00 e. The number of nitrogens with zero attached hydrogens (tertiary/aromatic N) is 5. The predicted octanol–water partition coefficient (Wildman–Crippen LogP) is -1.96. The zero-order valence-electron chi connectivity index (χ0n) is 9.64. The van der Waals surface area contributed by atoms with E-state index in [-0.39, 0.29) is 55.1 Å². The summed E-state index contributed by atoms with van der Waals surface area (Å²) in [6.45, 7) is 0. The molecule has 0 aromatic carbocycles. The maximum atomic E-state index is 8.25. The molecule has 0 N–H and O–H groups in total. The third-order valence-corrected chi connectivity index (χ3v) is 0. The van der Waals surface area contributed by atoms with Crippen molar-refractivity contribution in [2.75, 3.05) is 0 Å². The summed E-state index contributed by atoms with van der Waals surface area (Å²) >= 11 is 0. The predicted molar refractivity (Wildman–Crippen MR) is 63.3 cm³/mol. The van der Waals surface area contributed by atoms with Gasteiger partial charge in [0.2, 0.25) is 0 Å². The SMILES string of the molecule is O=[N+]([O-])[O-].O=[N+]([O-])[O-].O=[N+]([O-])[O-].O=[N+]([O-])[O-].O=[N+]([O-])[O-].[Al+3].[Ca+2]. The van der Waals surface area contributed by atoms with Crippen LogP contribution in [0.15, 0.2) is 0 Å². The first-order chi connectivity index (χ1) is 8.66. The molecule has 0 atom stereocenters. The molecule has 0 aliphatic rings. The molecule has 22 heteroatoms. The Kier molecular flexibility index (Phi) is 70.6. The molecule has 0 saturated carbocycles. The summed E-state index contributed by atoms with van der Waals surface area (Å²) in [6, 6.07) is 0. The first-order valence-corrected chi connectivity index (χ1v) is 2.74. The van der Waals surface area contributed by atoms with Crippen molar-refractivity contribution in [3.05, 3.63) is 76.6 Å². The Balaban J connectivity index is -0.0000000250. The topological polar surface area (TPSA) is 331 Å². The van der Waals surface area contributed by atoms with Crippen molar-refractivity contribution in [3.63, 3.8) is 0 Å². The Morgan fingerprint density at radius 1 is 0.364 bits per heavy atom. The summed E-state index contributed by atoms with van der Waals surface area (Å²) in [4.78, 5) is 41.2. The second kappa shape index (κ2) is 36.4. The second-order valence-electron chi connectivity index (χ2n) is 1.12. The van der Waals surface area contributed by atoms with E-state index in [1.807, 2.05) is 0 Å². The van der Waals surface area contributed by atoms with Gasteiger partial charge in [-0.1, -0.05) is 0 Å². The average molecular weight is 377 g/mol. The molecule has 0 unspecified atom stereocenters. The number of rotatable bonds is 0. The van der Waals surface area contributed by atoms with Gasteiger partial charge in [-0.15, -0.1) is 0 Å². The van der Waals surface area contributed by atoms with Crippen LogP contribution in [0.3, 0.4) is 0 Å². The fraction of sp³-hybridized carbons (Fsp3) is 0. The summed E-state index contributed by atoms with van der Waals surface area (Å²) in [7, 11) is 0. The molecule has 120 valence electrons. The Hall–Kier alpha value is -2.21. The molecule has 0 saturated heterocycles. The molecule has 0 fully saturated rings. The molecule has 0 amide bonds. The van der Waals surface area contributed by atoms with Gasteiger partial charge in [0, 0.05) is 0 Å². The molecule has 0 rings (SSSR count). The first-order valence-electron chi connectivity index (χ1n) is 2.74. The monoisotopic (exact) mass is 377 g/mol. The van der Waals surface area contributed by atoms with E-state index in [1.54, 1.807) is 0 Å². The third kappa shape index (κ3) is 1030. The van der Waals surface area contributed by atoms with Gasteiger partial charge in [0.15, 0.2) is 0 Å². The molecule has 0 heterocycles. The summed E-state index contributed by atoms with van der Waals surface area (Å²) < 4.78 is 0. The van der Waals surface area contributed by atoms with Crippen molar-refractivity contribution in [2.45, 2.75) is 0 Å². The molecular weight excluding hydrogens is 377 g/mol. The van der Waals surface area contributed by atoms with Crippen molar-refractivity contribution >= 4 is 55.1 Å². The molecule has 0 aliphatic heterocycles. The van der Waals surface area contributed by atoms with Crippen LogP contribution in [0.5, 0.6) is 0 Å². The maximum absolute atomic E-state index is 8.25. The summed E-state index contributed by atoms with van der Waals surface area (Å²) in [5, 5.41) is 73.8. The summed E-state index contributed by atoms with van der Waals surface area (Å²) in [6.07, 6.45) is 0. The normalized spacial score (nSPS) is 5.45. The van der Waals surface area contributed by atoms with E-state index in [1.165, 1.54) is 0 Å². The van der Waals surface area contributed by atoms with Crippen molar-refractivity contribution in [1.82, 2.24) is 0 Å². The molecule has 0 bridgehead atoms. The molecule has 0 aromatic rings. The van der Waals surface area contributed by atoms with Crippen LogP contribution in [0.2, 0.25) is 0 Å². The van der Waals surface area contributed by atoms with E-state index in [4.69, 9.17) is 76.6 Å². The van der Waals surface area contributed by atoms with E-state index >= 15 is 0 Å².